The molecule has 102 valence electrons. The SMILES string of the molecule is O=C(NC1CC2CCC(C1)N2)C(O)c1ccccc1. The number of piperidine rings is 1. The van der Waals surface area contributed by atoms with Crippen LogP contribution in [0.5, 0.6) is 0 Å². The van der Waals surface area contributed by atoms with Crippen molar-refractivity contribution >= 4 is 5.91 Å². The molecular weight excluding hydrogens is 240 g/mol. The molecule has 2 aliphatic rings. The highest BCUT2D eigenvalue weighted by Gasteiger charge is 2.34. The number of hydrogen-bond donors (Lipinski definition) is 3. The van der Waals surface area contributed by atoms with E-state index in [2.05, 4.69) is 10.6 Å². The predicted molar refractivity (Wildman–Crippen MR) is 72.5 cm³/mol. The lowest BCUT2D eigenvalue weighted by atomic mass is 9.99. The highest BCUT2D eigenvalue weighted by Crippen LogP contribution is 2.27. The summed E-state index contributed by atoms with van der Waals surface area (Å²) in [4.78, 5) is 12.1. The maximum Gasteiger partial charge on any atom is 0.253 e. The molecule has 3 atom stereocenters. The molecule has 3 rings (SSSR count). The lowest BCUT2D eigenvalue weighted by molar-refractivity contribution is -0.130. The summed E-state index contributed by atoms with van der Waals surface area (Å²) in [6.45, 7) is 0. The Kier molecular flexibility index (Phi) is 3.53. The molecule has 2 fully saturated rings. The van der Waals surface area contributed by atoms with Gasteiger partial charge in [0.15, 0.2) is 6.10 Å². The number of fused-ring (bicyclic) bond motifs is 2. The number of nitrogens with one attached hydrogen (secondary N) is 2. The summed E-state index contributed by atoms with van der Waals surface area (Å²) in [6, 6.07) is 10.4. The first-order chi connectivity index (χ1) is 9.22. The first kappa shape index (κ1) is 12.6. The van der Waals surface area contributed by atoms with E-state index in [-0.39, 0.29) is 11.9 Å². The molecular formula is C15H20N2O2. The van der Waals surface area contributed by atoms with E-state index < -0.39 is 6.10 Å². The van der Waals surface area contributed by atoms with E-state index in [4.69, 9.17) is 0 Å². The van der Waals surface area contributed by atoms with Gasteiger partial charge in [-0.15, -0.1) is 0 Å². The Labute approximate surface area is 113 Å². The maximum absolute atomic E-state index is 12.1. The van der Waals surface area contributed by atoms with Crippen molar-refractivity contribution in [3.05, 3.63) is 35.9 Å². The van der Waals surface area contributed by atoms with E-state index in [9.17, 15) is 9.90 Å². The van der Waals surface area contributed by atoms with Crippen molar-refractivity contribution in [3.63, 3.8) is 0 Å². The van der Waals surface area contributed by atoms with Crippen LogP contribution in [0.2, 0.25) is 0 Å². The van der Waals surface area contributed by atoms with Crippen LogP contribution >= 0.6 is 0 Å². The molecule has 2 bridgehead atoms. The first-order valence-corrected chi connectivity index (χ1v) is 7.02. The van der Waals surface area contributed by atoms with Crippen LogP contribution in [0.25, 0.3) is 0 Å². The quantitative estimate of drug-likeness (QED) is 0.763. The van der Waals surface area contributed by atoms with Crippen molar-refractivity contribution in [1.82, 2.24) is 10.6 Å². The molecule has 0 aromatic heterocycles. The average Bonchev–Trinajstić information content (AvgIpc) is 2.78. The van der Waals surface area contributed by atoms with Gasteiger partial charge in [-0.25, -0.2) is 0 Å². The second kappa shape index (κ2) is 5.31. The number of amides is 1. The number of aliphatic hydroxyl groups excluding tert-OH is 1. The van der Waals surface area contributed by atoms with Crippen LogP contribution < -0.4 is 10.6 Å². The molecule has 1 aromatic rings. The Hall–Kier alpha value is -1.39. The summed E-state index contributed by atoms with van der Waals surface area (Å²) in [6.07, 6.45) is 3.30. The molecule has 19 heavy (non-hydrogen) atoms. The largest absolute Gasteiger partial charge is 0.378 e. The minimum absolute atomic E-state index is 0.199. The molecule has 0 saturated carbocycles. The summed E-state index contributed by atoms with van der Waals surface area (Å²) >= 11 is 0. The molecule has 3 unspecified atom stereocenters. The molecule has 1 amide bonds. The van der Waals surface area contributed by atoms with Crippen LogP contribution in [-0.4, -0.2) is 29.1 Å². The van der Waals surface area contributed by atoms with Gasteiger partial charge < -0.3 is 15.7 Å². The Morgan fingerprint density at radius 3 is 2.47 bits per heavy atom. The van der Waals surface area contributed by atoms with Crippen LogP contribution in [-0.2, 0) is 4.79 Å². The Bertz CT molecular complexity index is 437. The number of aliphatic hydroxyl groups is 1. The van der Waals surface area contributed by atoms with Gasteiger partial charge in [0.25, 0.3) is 5.91 Å². The van der Waals surface area contributed by atoms with E-state index in [1.165, 1.54) is 12.8 Å². The van der Waals surface area contributed by atoms with E-state index in [0.29, 0.717) is 17.6 Å². The predicted octanol–water partition coefficient (Wildman–Crippen LogP) is 1.12. The summed E-state index contributed by atoms with van der Waals surface area (Å²) in [5, 5.41) is 16.6. The number of carbonyl (C=O) groups is 1. The highest BCUT2D eigenvalue weighted by atomic mass is 16.3. The van der Waals surface area contributed by atoms with Gasteiger partial charge >= 0.3 is 0 Å². The van der Waals surface area contributed by atoms with Gasteiger partial charge in [0, 0.05) is 18.1 Å². The van der Waals surface area contributed by atoms with Crippen molar-refractivity contribution < 1.29 is 9.90 Å². The van der Waals surface area contributed by atoms with Crippen LogP contribution in [0.15, 0.2) is 30.3 Å². The maximum atomic E-state index is 12.1. The van der Waals surface area contributed by atoms with E-state index >= 15 is 0 Å². The summed E-state index contributed by atoms with van der Waals surface area (Å²) in [5.74, 6) is -0.280. The second-order valence-corrected chi connectivity index (χ2v) is 5.63. The van der Waals surface area contributed by atoms with Gasteiger partial charge in [-0.1, -0.05) is 30.3 Å². The zero-order valence-electron chi connectivity index (χ0n) is 10.9. The molecule has 0 spiro atoms. The van der Waals surface area contributed by atoms with Crippen molar-refractivity contribution in [2.45, 2.75) is 49.9 Å². The van der Waals surface area contributed by atoms with Gasteiger partial charge in [-0.3, -0.25) is 4.79 Å². The van der Waals surface area contributed by atoms with Crippen LogP contribution in [0.4, 0.5) is 0 Å². The van der Waals surface area contributed by atoms with Crippen molar-refractivity contribution in [3.8, 4) is 0 Å². The van der Waals surface area contributed by atoms with E-state index in [1.807, 2.05) is 18.2 Å². The number of hydrogen-bond acceptors (Lipinski definition) is 3. The number of carbonyl (C=O) groups excluding carboxylic acids is 1. The summed E-state index contributed by atoms with van der Waals surface area (Å²) in [5.41, 5.74) is 0.650. The topological polar surface area (TPSA) is 61.4 Å². The highest BCUT2D eigenvalue weighted by molar-refractivity contribution is 5.82. The molecule has 2 aliphatic heterocycles. The zero-order chi connectivity index (χ0) is 13.2. The van der Waals surface area contributed by atoms with Crippen LogP contribution in [0.3, 0.4) is 0 Å². The van der Waals surface area contributed by atoms with Gasteiger partial charge in [-0.2, -0.15) is 0 Å². The molecule has 0 radical (unpaired) electrons. The second-order valence-electron chi connectivity index (χ2n) is 5.63. The average molecular weight is 260 g/mol. The third-order valence-electron chi connectivity index (χ3n) is 4.18. The third-order valence-corrected chi connectivity index (χ3v) is 4.18. The summed E-state index contributed by atoms with van der Waals surface area (Å²) < 4.78 is 0. The summed E-state index contributed by atoms with van der Waals surface area (Å²) in [7, 11) is 0. The molecule has 0 aliphatic carbocycles. The molecule has 4 heteroatoms. The third kappa shape index (κ3) is 2.80. The fourth-order valence-electron chi connectivity index (χ4n) is 3.24. The van der Waals surface area contributed by atoms with Gasteiger partial charge in [0.05, 0.1) is 0 Å². The monoisotopic (exact) mass is 260 g/mol. The fraction of sp³-hybridized carbons (Fsp3) is 0.533. The zero-order valence-corrected chi connectivity index (χ0v) is 10.9. The standard InChI is InChI=1S/C15H20N2O2/c18-14(10-4-2-1-3-5-10)15(19)17-13-8-11-6-7-12(9-13)16-11/h1-5,11-14,16,18H,6-9H2,(H,17,19). The van der Waals surface area contributed by atoms with Gasteiger partial charge in [-0.05, 0) is 31.2 Å². The van der Waals surface area contributed by atoms with Gasteiger partial charge in [0.1, 0.15) is 0 Å². The van der Waals surface area contributed by atoms with Crippen LogP contribution in [0.1, 0.15) is 37.4 Å². The molecule has 4 nitrogen and oxygen atoms in total. The number of benzene rings is 1. The minimum atomic E-state index is -1.06. The molecule has 3 N–H and O–H groups in total. The Morgan fingerprint density at radius 2 is 1.84 bits per heavy atom. The normalized spacial score (nSPS) is 30.9. The van der Waals surface area contributed by atoms with E-state index in [1.54, 1.807) is 12.1 Å². The van der Waals surface area contributed by atoms with Gasteiger partial charge in [0.2, 0.25) is 0 Å². The van der Waals surface area contributed by atoms with Crippen LogP contribution in [0, 0.1) is 0 Å². The number of rotatable bonds is 3. The van der Waals surface area contributed by atoms with Crippen molar-refractivity contribution in [2.75, 3.05) is 0 Å². The smallest absolute Gasteiger partial charge is 0.253 e. The van der Waals surface area contributed by atoms with Crippen molar-refractivity contribution in [2.24, 2.45) is 0 Å². The van der Waals surface area contributed by atoms with Crippen molar-refractivity contribution in [1.29, 1.82) is 0 Å². The Balaban J connectivity index is 1.59. The fourth-order valence-corrected chi connectivity index (χ4v) is 3.24. The minimum Gasteiger partial charge on any atom is -0.378 e. The lowest BCUT2D eigenvalue weighted by Gasteiger charge is -2.30. The van der Waals surface area contributed by atoms with E-state index in [0.717, 1.165) is 12.8 Å². The molecule has 1 aromatic carbocycles. The molecule has 2 heterocycles. The lowest BCUT2D eigenvalue weighted by Crippen LogP contribution is -2.49. The first-order valence-electron chi connectivity index (χ1n) is 7.02. The molecule has 2 saturated heterocycles. The Morgan fingerprint density at radius 1 is 1.21 bits per heavy atom.